The van der Waals surface area contributed by atoms with Gasteiger partial charge in [-0.2, -0.15) is 5.26 Å². The minimum atomic E-state index is -0.778. The third kappa shape index (κ3) is 2.34. The number of hydrogen-bond acceptors (Lipinski definition) is 5. The number of nitriles is 1. The topological polar surface area (TPSA) is 52.8 Å². The molecule has 0 aromatic carbocycles. The molecule has 1 fully saturated rings. The average molecular weight is 274 g/mol. The number of rotatable bonds is 2. The Bertz CT molecular complexity index is 655. The van der Waals surface area contributed by atoms with Gasteiger partial charge in [-0.1, -0.05) is 0 Å². The summed E-state index contributed by atoms with van der Waals surface area (Å²) in [7, 11) is 0. The van der Waals surface area contributed by atoms with Gasteiger partial charge in [-0.3, -0.25) is 4.98 Å². The number of thiocyanates is 1. The summed E-state index contributed by atoms with van der Waals surface area (Å²) in [6.07, 6.45) is 1.43. The molecule has 1 atom stereocenters. The molecular formula is C13H11FN4S. The number of alkyl halides is 1. The number of fused-ring (bicyclic) bond motifs is 1. The number of halogens is 1. The summed E-state index contributed by atoms with van der Waals surface area (Å²) < 4.78 is 13.2. The van der Waals surface area contributed by atoms with Crippen LogP contribution in [0.2, 0.25) is 0 Å². The lowest BCUT2D eigenvalue weighted by Crippen LogP contribution is -2.21. The molecule has 6 heteroatoms. The van der Waals surface area contributed by atoms with Crippen molar-refractivity contribution in [3.05, 3.63) is 24.4 Å². The fraction of sp³-hybridized carbons (Fsp3) is 0.308. The van der Waals surface area contributed by atoms with E-state index in [4.69, 9.17) is 5.26 Å². The van der Waals surface area contributed by atoms with Crippen LogP contribution in [0.4, 0.5) is 10.2 Å². The van der Waals surface area contributed by atoms with Crippen LogP contribution in [0.1, 0.15) is 6.42 Å². The van der Waals surface area contributed by atoms with E-state index in [9.17, 15) is 4.39 Å². The lowest BCUT2D eigenvalue weighted by atomic mass is 10.3. The van der Waals surface area contributed by atoms with Crippen LogP contribution in [0.25, 0.3) is 11.0 Å². The Morgan fingerprint density at radius 1 is 1.42 bits per heavy atom. The first-order chi connectivity index (χ1) is 9.28. The first-order valence-corrected chi connectivity index (χ1v) is 6.80. The molecule has 0 spiro atoms. The zero-order chi connectivity index (χ0) is 13.2. The molecule has 2 aromatic rings. The molecule has 3 rings (SSSR count). The monoisotopic (exact) mass is 274 g/mol. The second kappa shape index (κ2) is 5.02. The van der Waals surface area contributed by atoms with E-state index in [0.717, 1.165) is 28.0 Å². The summed E-state index contributed by atoms with van der Waals surface area (Å²) in [5.74, 6) is 0.750. The molecule has 4 nitrogen and oxygen atoms in total. The molecule has 96 valence electrons. The first-order valence-electron chi connectivity index (χ1n) is 5.98. The number of anilines is 1. The minimum absolute atomic E-state index is 0.388. The highest BCUT2D eigenvalue weighted by Crippen LogP contribution is 2.27. The van der Waals surface area contributed by atoms with Crippen molar-refractivity contribution in [2.75, 3.05) is 18.0 Å². The third-order valence-corrected chi connectivity index (χ3v) is 3.78. The van der Waals surface area contributed by atoms with Crippen LogP contribution in [0, 0.1) is 10.7 Å². The van der Waals surface area contributed by atoms with Gasteiger partial charge in [-0.05, 0) is 36.4 Å². The van der Waals surface area contributed by atoms with Crippen LogP contribution in [0.3, 0.4) is 0 Å². The highest BCUT2D eigenvalue weighted by Gasteiger charge is 2.23. The first kappa shape index (κ1) is 12.2. The summed E-state index contributed by atoms with van der Waals surface area (Å²) in [5, 5.41) is 10.8. The van der Waals surface area contributed by atoms with Gasteiger partial charge in [-0.25, -0.2) is 9.37 Å². The van der Waals surface area contributed by atoms with Gasteiger partial charge in [-0.15, -0.1) is 0 Å². The van der Waals surface area contributed by atoms with Crippen molar-refractivity contribution in [1.82, 2.24) is 9.97 Å². The van der Waals surface area contributed by atoms with Crippen molar-refractivity contribution in [3.8, 4) is 5.40 Å². The molecule has 1 aliphatic heterocycles. The smallest absolute Gasteiger partial charge is 0.138 e. The van der Waals surface area contributed by atoms with Gasteiger partial charge in [0, 0.05) is 12.7 Å². The van der Waals surface area contributed by atoms with E-state index < -0.39 is 6.17 Å². The predicted octanol–water partition coefficient (Wildman–Crippen LogP) is 2.75. The fourth-order valence-electron chi connectivity index (χ4n) is 2.22. The maximum absolute atomic E-state index is 13.2. The maximum Gasteiger partial charge on any atom is 0.138 e. The van der Waals surface area contributed by atoms with Crippen LogP contribution in [0.5, 0.6) is 0 Å². The van der Waals surface area contributed by atoms with E-state index >= 15 is 0 Å². The van der Waals surface area contributed by atoms with Gasteiger partial charge < -0.3 is 4.90 Å². The van der Waals surface area contributed by atoms with Gasteiger partial charge >= 0.3 is 0 Å². The number of thioether (sulfide) groups is 1. The van der Waals surface area contributed by atoms with Crippen LogP contribution >= 0.6 is 11.8 Å². The fourth-order valence-corrected chi connectivity index (χ4v) is 2.70. The van der Waals surface area contributed by atoms with Gasteiger partial charge in [0.05, 0.1) is 17.0 Å². The molecule has 2 aromatic heterocycles. The van der Waals surface area contributed by atoms with E-state index in [1.807, 2.05) is 22.4 Å². The Labute approximate surface area is 114 Å². The van der Waals surface area contributed by atoms with Gasteiger partial charge in [0.1, 0.15) is 22.9 Å². The predicted molar refractivity (Wildman–Crippen MR) is 72.7 cm³/mol. The van der Waals surface area contributed by atoms with E-state index in [-0.39, 0.29) is 0 Å². The summed E-state index contributed by atoms with van der Waals surface area (Å²) in [6.45, 7) is 1.07. The Morgan fingerprint density at radius 2 is 2.32 bits per heavy atom. The quantitative estimate of drug-likeness (QED) is 0.622. The summed E-state index contributed by atoms with van der Waals surface area (Å²) in [5.41, 5.74) is 1.45. The van der Waals surface area contributed by atoms with E-state index in [1.54, 1.807) is 12.3 Å². The SMILES string of the molecule is N#CSc1ccnc2ccc(N3CCC(F)C3)nc12. The zero-order valence-electron chi connectivity index (χ0n) is 10.1. The number of nitrogens with zero attached hydrogens (tertiary/aromatic N) is 4. The molecule has 0 aliphatic carbocycles. The number of pyridine rings is 2. The molecule has 0 N–H and O–H groups in total. The van der Waals surface area contributed by atoms with Crippen LogP contribution in [0.15, 0.2) is 29.3 Å². The highest BCUT2D eigenvalue weighted by atomic mass is 32.2. The minimum Gasteiger partial charge on any atom is -0.354 e. The number of aromatic nitrogens is 2. The van der Waals surface area contributed by atoms with Crippen molar-refractivity contribution in [1.29, 1.82) is 5.26 Å². The third-order valence-electron chi connectivity index (χ3n) is 3.14. The maximum atomic E-state index is 13.2. The molecule has 0 saturated carbocycles. The molecule has 1 aliphatic rings. The standard InChI is InChI=1S/C13H11FN4S/c14-9-4-6-18(7-9)12-2-1-10-13(17-12)11(19-8-15)3-5-16-10/h1-3,5,9H,4,6-7H2. The lowest BCUT2D eigenvalue weighted by molar-refractivity contribution is 0.364. The Hall–Kier alpha value is -1.87. The second-order valence-corrected chi connectivity index (χ2v) is 5.20. The lowest BCUT2D eigenvalue weighted by Gasteiger charge is -2.16. The van der Waals surface area contributed by atoms with Crippen molar-refractivity contribution in [2.24, 2.45) is 0 Å². The van der Waals surface area contributed by atoms with E-state index in [1.165, 1.54) is 0 Å². The molecule has 1 unspecified atom stereocenters. The normalized spacial score (nSPS) is 18.7. The van der Waals surface area contributed by atoms with Crippen molar-refractivity contribution >= 4 is 28.6 Å². The summed E-state index contributed by atoms with van der Waals surface area (Å²) in [4.78, 5) is 11.5. The average Bonchev–Trinajstić information content (AvgIpc) is 2.86. The Kier molecular flexibility index (Phi) is 3.22. The van der Waals surface area contributed by atoms with Gasteiger partial charge in [0.2, 0.25) is 0 Å². The Morgan fingerprint density at radius 3 is 3.05 bits per heavy atom. The molecular weight excluding hydrogens is 263 g/mol. The molecule has 0 bridgehead atoms. The molecule has 19 heavy (non-hydrogen) atoms. The van der Waals surface area contributed by atoms with Gasteiger partial charge in [0.15, 0.2) is 0 Å². The van der Waals surface area contributed by atoms with Gasteiger partial charge in [0.25, 0.3) is 0 Å². The zero-order valence-corrected chi connectivity index (χ0v) is 10.9. The summed E-state index contributed by atoms with van der Waals surface area (Å²) >= 11 is 1.07. The molecule has 0 amide bonds. The van der Waals surface area contributed by atoms with Crippen molar-refractivity contribution in [3.63, 3.8) is 0 Å². The molecule has 3 heterocycles. The van der Waals surface area contributed by atoms with Crippen LogP contribution < -0.4 is 4.90 Å². The second-order valence-electron chi connectivity index (χ2n) is 4.37. The van der Waals surface area contributed by atoms with E-state index in [0.29, 0.717) is 25.0 Å². The Balaban J connectivity index is 2.04. The highest BCUT2D eigenvalue weighted by molar-refractivity contribution is 8.04. The van der Waals surface area contributed by atoms with Crippen LogP contribution in [-0.2, 0) is 0 Å². The summed E-state index contributed by atoms with van der Waals surface area (Å²) in [6, 6.07) is 5.49. The largest absolute Gasteiger partial charge is 0.354 e. The van der Waals surface area contributed by atoms with E-state index in [2.05, 4.69) is 9.97 Å². The molecule has 1 saturated heterocycles. The molecule has 0 radical (unpaired) electrons. The van der Waals surface area contributed by atoms with Crippen LogP contribution in [-0.4, -0.2) is 29.2 Å². The van der Waals surface area contributed by atoms with Crippen molar-refractivity contribution in [2.45, 2.75) is 17.5 Å². The van der Waals surface area contributed by atoms with Crippen molar-refractivity contribution < 1.29 is 4.39 Å². The number of hydrogen-bond donors (Lipinski definition) is 0.